The molecule has 0 spiro atoms. The molecule has 0 saturated carbocycles. The Labute approximate surface area is 111 Å². The van der Waals surface area contributed by atoms with Crippen molar-refractivity contribution in [1.29, 1.82) is 0 Å². The monoisotopic (exact) mass is 246 g/mol. The summed E-state index contributed by atoms with van der Waals surface area (Å²) in [5, 5.41) is 10.2. The Morgan fingerprint density at radius 3 is 2.56 bits per heavy atom. The quantitative estimate of drug-likeness (QED) is 0.826. The second-order valence-electron chi connectivity index (χ2n) is 6.11. The summed E-state index contributed by atoms with van der Waals surface area (Å²) in [5.41, 5.74) is 3.36. The fourth-order valence-electron chi connectivity index (χ4n) is 2.24. The molecule has 0 aliphatic heterocycles. The molecule has 0 saturated heterocycles. The van der Waals surface area contributed by atoms with Crippen molar-refractivity contribution < 1.29 is 9.68 Å². The Hall–Kier alpha value is -0.795. The summed E-state index contributed by atoms with van der Waals surface area (Å²) in [6.45, 7) is 8.26. The van der Waals surface area contributed by atoms with Crippen LogP contribution in [0.1, 0.15) is 45.2 Å². The molecular weight excluding hydrogens is 223 g/mol. The van der Waals surface area contributed by atoms with E-state index in [1.807, 2.05) is 19.9 Å². The van der Waals surface area contributed by atoms with Crippen LogP contribution in [0, 0.1) is 5.92 Å². The SMILES string of the molecule is CC(C)C(C)(C)OB(O)c1ccc2c(c1)CCC2. The van der Waals surface area contributed by atoms with Crippen LogP contribution in [-0.2, 0) is 17.5 Å². The molecule has 0 fully saturated rings. The van der Waals surface area contributed by atoms with Gasteiger partial charge in [-0.15, -0.1) is 0 Å². The molecule has 0 aromatic heterocycles. The van der Waals surface area contributed by atoms with E-state index >= 15 is 0 Å². The minimum absolute atomic E-state index is 0.321. The first-order valence-corrected chi connectivity index (χ1v) is 6.88. The summed E-state index contributed by atoms with van der Waals surface area (Å²) in [6, 6.07) is 6.22. The van der Waals surface area contributed by atoms with Gasteiger partial charge in [-0.3, -0.25) is 0 Å². The van der Waals surface area contributed by atoms with Gasteiger partial charge in [0.25, 0.3) is 0 Å². The van der Waals surface area contributed by atoms with Gasteiger partial charge in [0.15, 0.2) is 0 Å². The van der Waals surface area contributed by atoms with Gasteiger partial charge < -0.3 is 9.68 Å². The van der Waals surface area contributed by atoms with Crippen LogP contribution in [0.5, 0.6) is 0 Å². The van der Waals surface area contributed by atoms with Crippen LogP contribution in [0.25, 0.3) is 0 Å². The van der Waals surface area contributed by atoms with Crippen LogP contribution in [0.15, 0.2) is 18.2 Å². The molecule has 2 rings (SSSR count). The van der Waals surface area contributed by atoms with Crippen molar-refractivity contribution in [2.45, 2.75) is 52.6 Å². The zero-order chi connectivity index (χ0) is 13.3. The first kappa shape index (κ1) is 13.6. The van der Waals surface area contributed by atoms with E-state index in [1.165, 1.54) is 24.0 Å². The molecule has 1 aliphatic rings. The number of hydrogen-bond acceptors (Lipinski definition) is 2. The molecule has 1 N–H and O–H groups in total. The van der Waals surface area contributed by atoms with E-state index in [0.29, 0.717) is 5.92 Å². The summed E-state index contributed by atoms with van der Waals surface area (Å²) >= 11 is 0. The molecule has 0 radical (unpaired) electrons. The Morgan fingerprint density at radius 1 is 1.22 bits per heavy atom. The van der Waals surface area contributed by atoms with Gasteiger partial charge in [-0.25, -0.2) is 0 Å². The second-order valence-corrected chi connectivity index (χ2v) is 6.11. The number of fused-ring (bicyclic) bond motifs is 1. The Morgan fingerprint density at radius 2 is 1.89 bits per heavy atom. The lowest BCUT2D eigenvalue weighted by molar-refractivity contribution is 0.0423. The van der Waals surface area contributed by atoms with Gasteiger partial charge in [0, 0.05) is 0 Å². The highest BCUT2D eigenvalue weighted by Crippen LogP contribution is 2.23. The van der Waals surface area contributed by atoms with Crippen LogP contribution in [0.2, 0.25) is 0 Å². The maximum Gasteiger partial charge on any atom is 0.491 e. The van der Waals surface area contributed by atoms with E-state index in [4.69, 9.17) is 4.65 Å². The molecule has 2 nitrogen and oxygen atoms in total. The first-order valence-electron chi connectivity index (χ1n) is 6.88. The van der Waals surface area contributed by atoms with E-state index in [9.17, 15) is 5.02 Å². The molecule has 0 amide bonds. The van der Waals surface area contributed by atoms with Crippen molar-refractivity contribution in [3.63, 3.8) is 0 Å². The third-order valence-corrected chi connectivity index (χ3v) is 4.21. The van der Waals surface area contributed by atoms with Crippen molar-refractivity contribution in [3.8, 4) is 0 Å². The van der Waals surface area contributed by atoms with E-state index in [0.717, 1.165) is 11.9 Å². The van der Waals surface area contributed by atoms with Gasteiger partial charge in [-0.05, 0) is 55.6 Å². The molecule has 0 heterocycles. The number of benzene rings is 1. The van der Waals surface area contributed by atoms with E-state index < -0.39 is 7.12 Å². The number of rotatable bonds is 4. The molecule has 0 bridgehead atoms. The molecule has 1 aromatic carbocycles. The van der Waals surface area contributed by atoms with Crippen LogP contribution >= 0.6 is 0 Å². The maximum atomic E-state index is 10.2. The summed E-state index contributed by atoms with van der Waals surface area (Å²) < 4.78 is 5.80. The smallest absolute Gasteiger partial charge is 0.423 e. The van der Waals surface area contributed by atoms with Gasteiger partial charge in [-0.1, -0.05) is 32.0 Å². The van der Waals surface area contributed by atoms with Crippen molar-refractivity contribution in [1.82, 2.24) is 0 Å². The van der Waals surface area contributed by atoms with Crippen molar-refractivity contribution in [2.24, 2.45) is 5.92 Å². The highest BCUT2D eigenvalue weighted by molar-refractivity contribution is 6.60. The predicted molar refractivity (Wildman–Crippen MR) is 76.1 cm³/mol. The molecule has 0 unspecified atom stereocenters. The Kier molecular flexibility index (Phi) is 3.83. The zero-order valence-electron chi connectivity index (χ0n) is 11.9. The van der Waals surface area contributed by atoms with Crippen LogP contribution in [0.4, 0.5) is 0 Å². The van der Waals surface area contributed by atoms with Gasteiger partial charge in [-0.2, -0.15) is 0 Å². The lowest BCUT2D eigenvalue weighted by atomic mass is 9.76. The third kappa shape index (κ3) is 2.78. The van der Waals surface area contributed by atoms with Crippen LogP contribution < -0.4 is 5.46 Å². The first-order chi connectivity index (χ1) is 8.40. The van der Waals surface area contributed by atoms with E-state index in [-0.39, 0.29) is 5.60 Å². The number of aryl methyl sites for hydroxylation is 2. The third-order valence-electron chi connectivity index (χ3n) is 4.21. The van der Waals surface area contributed by atoms with Crippen LogP contribution in [0.3, 0.4) is 0 Å². The van der Waals surface area contributed by atoms with Crippen molar-refractivity contribution >= 4 is 12.6 Å². The van der Waals surface area contributed by atoms with Gasteiger partial charge in [0.05, 0.1) is 5.60 Å². The predicted octanol–water partition coefficient (Wildman–Crippen LogP) is 2.31. The standard InChI is InChI=1S/C15H23BO2/c1-11(2)15(3,4)18-16(17)14-9-8-12-6-5-7-13(12)10-14/h8-11,17H,5-7H2,1-4H3. The number of hydrogen-bond donors (Lipinski definition) is 1. The molecule has 3 heteroatoms. The van der Waals surface area contributed by atoms with Gasteiger partial charge in [0.2, 0.25) is 0 Å². The molecule has 0 atom stereocenters. The Bertz CT molecular complexity index is 427. The summed E-state index contributed by atoms with van der Waals surface area (Å²) in [5.74, 6) is 0.363. The maximum absolute atomic E-state index is 10.2. The Balaban J connectivity index is 2.12. The molecule has 1 aliphatic carbocycles. The summed E-state index contributed by atoms with van der Waals surface area (Å²) in [6.07, 6.45) is 3.53. The van der Waals surface area contributed by atoms with Gasteiger partial charge >= 0.3 is 7.12 Å². The minimum atomic E-state index is -0.826. The fraction of sp³-hybridized carbons (Fsp3) is 0.600. The topological polar surface area (TPSA) is 29.5 Å². The molecule has 1 aromatic rings. The molecular formula is C15H23BO2. The lowest BCUT2D eigenvalue weighted by Gasteiger charge is -2.31. The highest BCUT2D eigenvalue weighted by atomic mass is 16.5. The average Bonchev–Trinajstić information content (AvgIpc) is 2.74. The van der Waals surface area contributed by atoms with Crippen molar-refractivity contribution in [2.75, 3.05) is 0 Å². The normalized spacial score (nSPS) is 15.0. The lowest BCUT2D eigenvalue weighted by Crippen LogP contribution is -2.44. The molecule has 18 heavy (non-hydrogen) atoms. The van der Waals surface area contributed by atoms with Crippen LogP contribution in [-0.4, -0.2) is 17.7 Å². The van der Waals surface area contributed by atoms with Crippen molar-refractivity contribution in [3.05, 3.63) is 29.3 Å². The average molecular weight is 246 g/mol. The van der Waals surface area contributed by atoms with Gasteiger partial charge in [0.1, 0.15) is 0 Å². The highest BCUT2D eigenvalue weighted by Gasteiger charge is 2.30. The van der Waals surface area contributed by atoms with E-state index in [1.54, 1.807) is 0 Å². The zero-order valence-corrected chi connectivity index (χ0v) is 11.9. The van der Waals surface area contributed by atoms with E-state index in [2.05, 4.69) is 26.0 Å². The minimum Gasteiger partial charge on any atom is -0.423 e. The summed E-state index contributed by atoms with van der Waals surface area (Å²) in [7, 11) is -0.826. The summed E-state index contributed by atoms with van der Waals surface area (Å²) in [4.78, 5) is 0. The largest absolute Gasteiger partial charge is 0.491 e. The molecule has 98 valence electrons. The second kappa shape index (κ2) is 5.06. The fourth-order valence-corrected chi connectivity index (χ4v) is 2.24.